The van der Waals surface area contributed by atoms with Crippen LogP contribution in [0.5, 0.6) is 0 Å². The van der Waals surface area contributed by atoms with Crippen molar-refractivity contribution in [2.45, 2.75) is 6.18 Å². The Hall–Kier alpha value is -2.29. The summed E-state index contributed by atoms with van der Waals surface area (Å²) in [7, 11) is 0. The Bertz CT molecular complexity index is 450. The van der Waals surface area contributed by atoms with E-state index in [1.807, 2.05) is 0 Å². The van der Waals surface area contributed by atoms with Crippen LogP contribution in [0.4, 0.5) is 13.2 Å². The van der Waals surface area contributed by atoms with Gasteiger partial charge in [0.15, 0.2) is 0 Å². The Kier molecular flexibility index (Phi) is 6.34. The lowest BCUT2D eigenvalue weighted by Gasteiger charge is -1.94. The molecule has 1 aromatic rings. The second-order valence-corrected chi connectivity index (χ2v) is 3.04. The minimum atomic E-state index is -5.08. The minimum absolute atomic E-state index is 0.0144. The number of hydrogen-bond donors (Lipinski definition) is 3. The molecule has 0 aromatic carbocycles. The molecule has 0 saturated heterocycles. The normalized spacial score (nSPS) is 11.5. The summed E-state index contributed by atoms with van der Waals surface area (Å²) in [4.78, 5) is 19.4. The van der Waals surface area contributed by atoms with Crippen LogP contribution in [0.2, 0.25) is 0 Å². The zero-order valence-corrected chi connectivity index (χ0v) is 9.35. The quantitative estimate of drug-likeness (QED) is 0.720. The fourth-order valence-electron chi connectivity index (χ4n) is 0.766. The van der Waals surface area contributed by atoms with Gasteiger partial charge in [0.1, 0.15) is 0 Å². The van der Waals surface area contributed by atoms with E-state index in [1.54, 1.807) is 6.07 Å². The van der Waals surface area contributed by atoms with E-state index in [-0.39, 0.29) is 12.1 Å². The first-order valence-corrected chi connectivity index (χ1v) is 4.64. The van der Waals surface area contributed by atoms with E-state index < -0.39 is 18.1 Å². The lowest BCUT2D eigenvalue weighted by atomic mass is 10.2. The molecule has 4 N–H and O–H groups in total. The number of carboxylic acid groups (broad SMARTS) is 2. The number of rotatable bonds is 3. The molecule has 19 heavy (non-hydrogen) atoms. The molecule has 1 aromatic heterocycles. The van der Waals surface area contributed by atoms with Crippen molar-refractivity contribution in [3.63, 3.8) is 0 Å². The molecular formula is C10H10F3NO5. The van der Waals surface area contributed by atoms with Gasteiger partial charge in [0, 0.05) is 12.1 Å². The molecule has 6 nitrogen and oxygen atoms in total. The summed E-state index contributed by atoms with van der Waals surface area (Å²) in [5.74, 6) is -3.76. The van der Waals surface area contributed by atoms with Gasteiger partial charge < -0.3 is 20.4 Å². The summed E-state index contributed by atoms with van der Waals surface area (Å²) < 4.78 is 36.5. The molecular weight excluding hydrogens is 271 g/mol. The van der Waals surface area contributed by atoms with Crippen LogP contribution >= 0.6 is 0 Å². The van der Waals surface area contributed by atoms with Crippen LogP contribution in [0, 0.1) is 0 Å². The summed E-state index contributed by atoms with van der Waals surface area (Å²) in [5, 5.41) is 15.7. The van der Waals surface area contributed by atoms with Gasteiger partial charge in [-0.2, -0.15) is 13.2 Å². The molecule has 0 aliphatic heterocycles. The topological polar surface area (TPSA) is 114 Å². The third-order valence-electron chi connectivity index (χ3n) is 1.62. The Morgan fingerprint density at radius 1 is 1.37 bits per heavy atom. The molecule has 0 atom stereocenters. The van der Waals surface area contributed by atoms with E-state index in [0.717, 1.165) is 0 Å². The van der Waals surface area contributed by atoms with Gasteiger partial charge in [0.05, 0.1) is 18.1 Å². The van der Waals surface area contributed by atoms with Crippen molar-refractivity contribution in [2.75, 3.05) is 6.54 Å². The molecule has 0 aliphatic rings. The van der Waals surface area contributed by atoms with E-state index >= 15 is 0 Å². The molecule has 0 spiro atoms. The van der Waals surface area contributed by atoms with E-state index in [1.165, 1.54) is 18.6 Å². The Morgan fingerprint density at radius 3 is 2.16 bits per heavy atom. The number of aliphatic carboxylic acids is 2. The van der Waals surface area contributed by atoms with E-state index in [0.29, 0.717) is 5.56 Å². The van der Waals surface area contributed by atoms with E-state index in [9.17, 15) is 18.0 Å². The van der Waals surface area contributed by atoms with Crippen molar-refractivity contribution in [1.29, 1.82) is 0 Å². The zero-order valence-electron chi connectivity index (χ0n) is 9.35. The van der Waals surface area contributed by atoms with Gasteiger partial charge >= 0.3 is 18.1 Å². The van der Waals surface area contributed by atoms with Crippen molar-refractivity contribution in [2.24, 2.45) is 5.73 Å². The number of furan rings is 1. The molecule has 0 radical (unpaired) electrons. The van der Waals surface area contributed by atoms with Gasteiger partial charge in [-0.3, -0.25) is 0 Å². The first-order chi connectivity index (χ1) is 8.68. The first kappa shape index (κ1) is 16.7. The molecule has 0 aliphatic carbocycles. The Morgan fingerprint density at radius 2 is 1.89 bits per heavy atom. The largest absolute Gasteiger partial charge is 0.490 e. The SMILES string of the molecule is NC/C(=C\c1ccoc1)C(=O)O.O=C(O)C(F)(F)F. The lowest BCUT2D eigenvalue weighted by molar-refractivity contribution is -0.192. The molecule has 9 heteroatoms. The van der Waals surface area contributed by atoms with Crippen LogP contribution in [-0.2, 0) is 9.59 Å². The molecule has 0 unspecified atom stereocenters. The molecule has 1 heterocycles. The van der Waals surface area contributed by atoms with Crippen LogP contribution in [0.3, 0.4) is 0 Å². The fourth-order valence-corrected chi connectivity index (χ4v) is 0.766. The molecule has 0 bridgehead atoms. The zero-order chi connectivity index (χ0) is 15.1. The highest BCUT2D eigenvalue weighted by molar-refractivity contribution is 5.92. The number of hydrogen-bond acceptors (Lipinski definition) is 4. The smallest absolute Gasteiger partial charge is 0.478 e. The number of halogens is 3. The van der Waals surface area contributed by atoms with Crippen molar-refractivity contribution >= 4 is 18.0 Å². The predicted molar refractivity (Wildman–Crippen MR) is 57.1 cm³/mol. The highest BCUT2D eigenvalue weighted by atomic mass is 19.4. The predicted octanol–water partition coefficient (Wildman–Crippen LogP) is 1.34. The summed E-state index contributed by atoms with van der Waals surface area (Å²) in [5.41, 5.74) is 6.08. The Labute approximate surface area is 104 Å². The third-order valence-corrected chi connectivity index (χ3v) is 1.62. The standard InChI is InChI=1S/C8H9NO3.C2HF3O2/c9-4-7(8(10)11)3-6-1-2-12-5-6;3-2(4,5)1(6)7/h1-3,5H,4,9H2,(H,10,11);(H,6,7)/b7-3+;. The average molecular weight is 281 g/mol. The maximum atomic E-state index is 10.6. The fraction of sp³-hybridized carbons (Fsp3) is 0.200. The summed E-state index contributed by atoms with van der Waals surface area (Å²) in [6.45, 7) is 0.0144. The van der Waals surface area contributed by atoms with Crippen molar-refractivity contribution in [3.05, 3.63) is 29.7 Å². The summed E-state index contributed by atoms with van der Waals surface area (Å²) in [6, 6.07) is 1.67. The molecule has 106 valence electrons. The second-order valence-electron chi connectivity index (χ2n) is 3.04. The van der Waals surface area contributed by atoms with E-state index in [2.05, 4.69) is 0 Å². The monoisotopic (exact) mass is 281 g/mol. The molecule has 0 fully saturated rings. The van der Waals surface area contributed by atoms with Crippen molar-refractivity contribution in [3.8, 4) is 0 Å². The van der Waals surface area contributed by atoms with Gasteiger partial charge in [-0.25, -0.2) is 9.59 Å². The highest BCUT2D eigenvalue weighted by Gasteiger charge is 2.38. The minimum Gasteiger partial charge on any atom is -0.478 e. The summed E-state index contributed by atoms with van der Waals surface area (Å²) >= 11 is 0. The lowest BCUT2D eigenvalue weighted by Crippen LogP contribution is -2.21. The third kappa shape index (κ3) is 6.88. The number of nitrogens with two attached hydrogens (primary N) is 1. The van der Waals surface area contributed by atoms with Crippen molar-refractivity contribution in [1.82, 2.24) is 0 Å². The highest BCUT2D eigenvalue weighted by Crippen LogP contribution is 2.13. The van der Waals surface area contributed by atoms with Crippen LogP contribution in [-0.4, -0.2) is 34.9 Å². The van der Waals surface area contributed by atoms with Gasteiger partial charge in [0.2, 0.25) is 0 Å². The van der Waals surface area contributed by atoms with Crippen molar-refractivity contribution < 1.29 is 37.4 Å². The Balaban J connectivity index is 0.000000399. The maximum absolute atomic E-state index is 10.6. The number of carboxylic acids is 2. The second kappa shape index (κ2) is 7.21. The van der Waals surface area contributed by atoms with Crippen LogP contribution in [0.25, 0.3) is 6.08 Å². The number of alkyl halides is 3. The van der Waals surface area contributed by atoms with Gasteiger partial charge in [-0.05, 0) is 12.1 Å². The maximum Gasteiger partial charge on any atom is 0.490 e. The molecule has 1 rings (SSSR count). The molecule has 0 amide bonds. The van der Waals surface area contributed by atoms with Gasteiger partial charge in [-0.15, -0.1) is 0 Å². The van der Waals surface area contributed by atoms with E-state index in [4.69, 9.17) is 25.2 Å². The molecule has 0 saturated carbocycles. The average Bonchev–Trinajstić information content (AvgIpc) is 2.77. The first-order valence-electron chi connectivity index (χ1n) is 4.64. The van der Waals surface area contributed by atoms with Crippen LogP contribution < -0.4 is 5.73 Å². The summed E-state index contributed by atoms with van der Waals surface area (Å²) in [6.07, 6.45) is -0.674. The van der Waals surface area contributed by atoms with Crippen LogP contribution in [0.1, 0.15) is 5.56 Å². The number of carbonyl (C=O) groups is 2. The van der Waals surface area contributed by atoms with Gasteiger partial charge in [0.25, 0.3) is 0 Å². The van der Waals surface area contributed by atoms with Crippen LogP contribution in [0.15, 0.2) is 28.6 Å². The van der Waals surface area contributed by atoms with Gasteiger partial charge in [-0.1, -0.05) is 0 Å².